The normalized spacial score (nSPS) is 17.0. The topological polar surface area (TPSA) is 127 Å². The number of piperidine rings is 1. The van der Waals surface area contributed by atoms with Crippen LogP contribution in [0.5, 0.6) is 5.75 Å². The Morgan fingerprint density at radius 3 is 2.59 bits per heavy atom. The van der Waals surface area contributed by atoms with E-state index in [4.69, 9.17) is 10.00 Å². The zero-order valence-electron chi connectivity index (χ0n) is 21.7. The molecule has 0 saturated carbocycles. The second kappa shape index (κ2) is 11.8. The minimum atomic E-state index is -0.415. The number of H-pyrrole nitrogens is 2. The summed E-state index contributed by atoms with van der Waals surface area (Å²) in [5, 5.41) is 19.0. The van der Waals surface area contributed by atoms with Crippen molar-refractivity contribution in [3.8, 4) is 22.9 Å². The van der Waals surface area contributed by atoms with E-state index in [9.17, 15) is 9.59 Å². The summed E-state index contributed by atoms with van der Waals surface area (Å²) < 4.78 is 5.66. The Morgan fingerprint density at radius 2 is 1.90 bits per heavy atom. The monoisotopic (exact) mass is 522 g/mol. The molecule has 9 nitrogen and oxygen atoms in total. The zero-order chi connectivity index (χ0) is 27.2. The van der Waals surface area contributed by atoms with Gasteiger partial charge >= 0.3 is 5.69 Å². The van der Waals surface area contributed by atoms with Crippen molar-refractivity contribution in [2.24, 2.45) is 0 Å². The molecule has 3 aromatic carbocycles. The molecule has 1 saturated heterocycles. The van der Waals surface area contributed by atoms with Crippen molar-refractivity contribution in [3.05, 3.63) is 106 Å². The maximum Gasteiger partial charge on any atom is 0.340 e. The van der Waals surface area contributed by atoms with Crippen LogP contribution >= 0.6 is 0 Å². The summed E-state index contributed by atoms with van der Waals surface area (Å²) in [6.07, 6.45) is 0.831. The molecule has 1 fully saturated rings. The summed E-state index contributed by atoms with van der Waals surface area (Å²) in [5.74, 6) is 1.18. The number of nitrogens with one attached hydrogen (secondary N) is 3. The number of carbonyl (C=O) groups excluding carboxylic acids is 1. The molecule has 1 amide bonds. The molecule has 4 aromatic rings. The number of ether oxygens (including phenoxy) is 1. The number of nitrogens with zero attached hydrogens (tertiary/aromatic N) is 3. The minimum absolute atomic E-state index is 0.0533. The molecule has 0 radical (unpaired) electrons. The average Bonchev–Trinajstić information content (AvgIpc) is 3.40. The molecule has 198 valence electrons. The number of hydrogen-bond donors (Lipinski definition) is 3. The number of rotatable bonds is 8. The Morgan fingerprint density at radius 1 is 1.13 bits per heavy atom. The van der Waals surface area contributed by atoms with Crippen LogP contribution < -0.4 is 15.7 Å². The van der Waals surface area contributed by atoms with Gasteiger partial charge in [0.1, 0.15) is 11.6 Å². The molecule has 1 aliphatic rings. The molecular formula is C30H30N6O3. The maximum atomic E-state index is 13.0. The van der Waals surface area contributed by atoms with E-state index in [1.807, 2.05) is 59.5 Å². The number of amides is 1. The molecule has 5 rings (SSSR count). The number of benzene rings is 3. The van der Waals surface area contributed by atoms with E-state index in [0.29, 0.717) is 31.0 Å². The molecule has 1 aromatic heterocycles. The third-order valence-corrected chi connectivity index (χ3v) is 7.24. The van der Waals surface area contributed by atoms with Crippen LogP contribution in [0.15, 0.2) is 77.6 Å². The molecule has 0 unspecified atom stereocenters. The quantitative estimate of drug-likeness (QED) is 0.326. The van der Waals surface area contributed by atoms with Crippen LogP contribution in [0.2, 0.25) is 0 Å². The van der Waals surface area contributed by atoms with Gasteiger partial charge < -0.3 is 15.0 Å². The van der Waals surface area contributed by atoms with Gasteiger partial charge in [-0.2, -0.15) is 10.4 Å². The number of aromatic amines is 2. The Hall–Kier alpha value is -4.68. The fourth-order valence-electron chi connectivity index (χ4n) is 5.18. The Kier molecular flexibility index (Phi) is 7.85. The van der Waals surface area contributed by atoms with Gasteiger partial charge in [-0.05, 0) is 47.4 Å². The van der Waals surface area contributed by atoms with Crippen LogP contribution in [-0.2, 0) is 17.8 Å². The predicted octanol–water partition coefficient (Wildman–Crippen LogP) is 3.36. The SMILES string of the molecule is COc1ccc(-c2ccc(C#N)cc2)cc1CN[C@H]1CCN(C(=O)Cc2n[nH]c(=O)[nH]2)C[C@H]1c1ccccc1. The lowest BCUT2D eigenvalue weighted by molar-refractivity contribution is -0.132. The zero-order valence-corrected chi connectivity index (χ0v) is 21.7. The number of hydrogen-bond acceptors (Lipinski definition) is 6. The molecule has 1 aliphatic heterocycles. The van der Waals surface area contributed by atoms with Crippen LogP contribution in [-0.4, -0.2) is 52.2 Å². The number of nitriles is 1. The van der Waals surface area contributed by atoms with Gasteiger partial charge in [-0.15, -0.1) is 0 Å². The smallest absolute Gasteiger partial charge is 0.340 e. The van der Waals surface area contributed by atoms with Gasteiger partial charge in [0.2, 0.25) is 5.91 Å². The molecule has 9 heteroatoms. The fraction of sp³-hybridized carbons (Fsp3) is 0.267. The van der Waals surface area contributed by atoms with Crippen molar-refractivity contribution < 1.29 is 9.53 Å². The summed E-state index contributed by atoms with van der Waals surface area (Å²) in [5.41, 5.74) is 4.50. The highest BCUT2D eigenvalue weighted by Crippen LogP contribution is 2.30. The van der Waals surface area contributed by atoms with Crippen LogP contribution in [0.4, 0.5) is 0 Å². The maximum absolute atomic E-state index is 13.0. The van der Waals surface area contributed by atoms with Crippen LogP contribution in [0.25, 0.3) is 11.1 Å². The second-order valence-electron chi connectivity index (χ2n) is 9.65. The van der Waals surface area contributed by atoms with Crippen molar-refractivity contribution >= 4 is 5.91 Å². The van der Waals surface area contributed by atoms with Crippen molar-refractivity contribution in [1.82, 2.24) is 25.4 Å². The molecule has 0 spiro atoms. The standard InChI is InChI=1S/C30H30N6O3/c1-39-27-12-11-23(21-9-7-20(17-31)8-10-21)15-24(27)18-32-26-13-14-36(19-25(26)22-5-3-2-4-6-22)29(37)16-28-33-30(38)35-34-28/h2-12,15,25-26,32H,13-14,16,18-19H2,1H3,(H2,33,34,35,38)/t25-,26-/m0/s1. The second-order valence-corrected chi connectivity index (χ2v) is 9.65. The van der Waals surface area contributed by atoms with Gasteiger partial charge in [0.05, 0.1) is 25.2 Å². The van der Waals surface area contributed by atoms with Crippen molar-refractivity contribution in [3.63, 3.8) is 0 Å². The van der Waals surface area contributed by atoms with Gasteiger partial charge in [-0.3, -0.25) is 9.78 Å². The summed E-state index contributed by atoms with van der Waals surface area (Å²) in [4.78, 5) is 28.8. The van der Waals surface area contributed by atoms with E-state index in [2.05, 4.69) is 44.8 Å². The lowest BCUT2D eigenvalue weighted by Crippen LogP contribution is -2.50. The molecule has 39 heavy (non-hydrogen) atoms. The summed E-state index contributed by atoms with van der Waals surface area (Å²) in [7, 11) is 1.67. The van der Waals surface area contributed by atoms with Crippen molar-refractivity contribution in [2.45, 2.75) is 31.3 Å². The minimum Gasteiger partial charge on any atom is -0.496 e. The first kappa shape index (κ1) is 25.9. The molecule has 3 N–H and O–H groups in total. The van der Waals surface area contributed by atoms with Gasteiger partial charge in [0, 0.05) is 37.2 Å². The molecule has 2 atom stereocenters. The molecular weight excluding hydrogens is 492 g/mol. The lowest BCUT2D eigenvalue weighted by Gasteiger charge is -2.39. The van der Waals surface area contributed by atoms with E-state index in [0.717, 1.165) is 28.9 Å². The molecule has 0 aliphatic carbocycles. The number of aromatic nitrogens is 3. The van der Waals surface area contributed by atoms with Crippen LogP contribution in [0.1, 0.15) is 34.9 Å². The number of methoxy groups -OCH3 is 1. The van der Waals surface area contributed by atoms with Gasteiger partial charge in [0.25, 0.3) is 0 Å². The summed E-state index contributed by atoms with van der Waals surface area (Å²) >= 11 is 0. The summed E-state index contributed by atoms with van der Waals surface area (Å²) in [6.45, 7) is 1.78. The highest BCUT2D eigenvalue weighted by molar-refractivity contribution is 5.78. The number of likely N-dealkylation sites (tertiary alicyclic amines) is 1. The third-order valence-electron chi connectivity index (χ3n) is 7.24. The van der Waals surface area contributed by atoms with E-state index in [1.165, 1.54) is 5.56 Å². The van der Waals surface area contributed by atoms with Crippen LogP contribution in [0.3, 0.4) is 0 Å². The number of carbonyl (C=O) groups is 1. The first-order valence-corrected chi connectivity index (χ1v) is 12.9. The Labute approximate surface area is 226 Å². The van der Waals surface area contributed by atoms with E-state index in [-0.39, 0.29) is 24.3 Å². The fourth-order valence-corrected chi connectivity index (χ4v) is 5.18. The average molecular weight is 523 g/mol. The van der Waals surface area contributed by atoms with E-state index in [1.54, 1.807) is 7.11 Å². The van der Waals surface area contributed by atoms with Gasteiger partial charge in [-0.25, -0.2) is 9.89 Å². The van der Waals surface area contributed by atoms with Crippen LogP contribution in [0, 0.1) is 11.3 Å². The Bertz CT molecular complexity index is 1520. The van der Waals surface area contributed by atoms with Gasteiger partial charge in [-0.1, -0.05) is 48.5 Å². The molecule has 0 bridgehead atoms. The Balaban J connectivity index is 1.33. The highest BCUT2D eigenvalue weighted by Gasteiger charge is 2.32. The highest BCUT2D eigenvalue weighted by atomic mass is 16.5. The van der Waals surface area contributed by atoms with Crippen molar-refractivity contribution in [2.75, 3.05) is 20.2 Å². The predicted molar refractivity (Wildman–Crippen MR) is 147 cm³/mol. The first-order valence-electron chi connectivity index (χ1n) is 12.9. The largest absolute Gasteiger partial charge is 0.496 e. The summed E-state index contributed by atoms with van der Waals surface area (Å²) in [6, 6.07) is 26.2. The van der Waals surface area contributed by atoms with Crippen molar-refractivity contribution in [1.29, 1.82) is 5.26 Å². The van der Waals surface area contributed by atoms with E-state index >= 15 is 0 Å². The molecule has 2 heterocycles. The third kappa shape index (κ3) is 6.08. The van der Waals surface area contributed by atoms with Gasteiger partial charge in [0.15, 0.2) is 0 Å². The van der Waals surface area contributed by atoms with E-state index < -0.39 is 5.69 Å². The lowest BCUT2D eigenvalue weighted by atomic mass is 9.85. The first-order chi connectivity index (χ1) is 19.0.